The van der Waals surface area contributed by atoms with Crippen molar-refractivity contribution in [2.45, 2.75) is 69.6 Å². The fraction of sp³-hybridized carbons (Fsp3) is 0.938. The molecule has 0 amide bonds. The van der Waals surface area contributed by atoms with Crippen LogP contribution < -0.4 is 5.32 Å². The molecule has 2 fully saturated rings. The summed E-state index contributed by atoms with van der Waals surface area (Å²) < 4.78 is 10.3. The first kappa shape index (κ1) is 16.7. The van der Waals surface area contributed by atoms with Crippen LogP contribution >= 0.6 is 0 Å². The first-order valence-electron chi connectivity index (χ1n) is 8.11. The minimum absolute atomic E-state index is 0.149. The normalized spacial score (nSPS) is 22.9. The van der Waals surface area contributed by atoms with E-state index < -0.39 is 5.54 Å². The SMILES string of the molecule is COCCN(C(C)CC(C)(NC1CC1)C(=O)OC)C1CC1. The molecule has 2 unspecified atom stereocenters. The Morgan fingerprint density at radius 3 is 2.48 bits per heavy atom. The number of ether oxygens (including phenoxy) is 2. The summed E-state index contributed by atoms with van der Waals surface area (Å²) in [5.74, 6) is -0.149. The lowest BCUT2D eigenvalue weighted by Crippen LogP contribution is -2.55. The van der Waals surface area contributed by atoms with Crippen molar-refractivity contribution in [2.24, 2.45) is 0 Å². The van der Waals surface area contributed by atoms with E-state index in [1.165, 1.54) is 20.0 Å². The van der Waals surface area contributed by atoms with Crippen molar-refractivity contribution in [3.63, 3.8) is 0 Å². The van der Waals surface area contributed by atoms with E-state index in [4.69, 9.17) is 9.47 Å². The number of rotatable bonds is 10. The first-order chi connectivity index (χ1) is 10.00. The monoisotopic (exact) mass is 298 g/mol. The van der Waals surface area contributed by atoms with Crippen LogP contribution in [0, 0.1) is 0 Å². The molecule has 2 saturated carbocycles. The molecular weight excluding hydrogens is 268 g/mol. The maximum atomic E-state index is 12.2. The Morgan fingerprint density at radius 1 is 1.33 bits per heavy atom. The summed E-state index contributed by atoms with van der Waals surface area (Å²) in [4.78, 5) is 14.7. The minimum atomic E-state index is -0.588. The Labute approximate surface area is 128 Å². The van der Waals surface area contributed by atoms with E-state index in [2.05, 4.69) is 17.1 Å². The van der Waals surface area contributed by atoms with Crippen molar-refractivity contribution in [1.82, 2.24) is 10.2 Å². The molecule has 1 N–H and O–H groups in total. The Bertz CT molecular complexity index is 355. The standard InChI is InChI=1S/C16H30N2O3/c1-12(18(9-10-20-3)14-7-8-14)11-16(2,15(19)21-4)17-13-5-6-13/h12-14,17H,5-11H2,1-4H3. The van der Waals surface area contributed by atoms with Gasteiger partial charge in [-0.2, -0.15) is 0 Å². The number of esters is 1. The molecule has 5 heteroatoms. The van der Waals surface area contributed by atoms with Gasteiger partial charge in [0, 0.05) is 31.8 Å². The molecule has 0 spiro atoms. The molecule has 0 aromatic carbocycles. The Hall–Kier alpha value is -0.650. The zero-order valence-corrected chi connectivity index (χ0v) is 13.9. The molecule has 122 valence electrons. The van der Waals surface area contributed by atoms with E-state index in [0.29, 0.717) is 18.1 Å². The zero-order chi connectivity index (χ0) is 15.5. The minimum Gasteiger partial charge on any atom is -0.468 e. The van der Waals surface area contributed by atoms with Gasteiger partial charge in [-0.05, 0) is 46.0 Å². The molecule has 0 aromatic heterocycles. The van der Waals surface area contributed by atoms with Gasteiger partial charge in [-0.25, -0.2) is 0 Å². The van der Waals surface area contributed by atoms with E-state index in [-0.39, 0.29) is 5.97 Å². The maximum absolute atomic E-state index is 12.2. The lowest BCUT2D eigenvalue weighted by atomic mass is 9.92. The van der Waals surface area contributed by atoms with Crippen molar-refractivity contribution in [1.29, 1.82) is 0 Å². The van der Waals surface area contributed by atoms with Crippen LogP contribution in [0.15, 0.2) is 0 Å². The number of hydrogen-bond acceptors (Lipinski definition) is 5. The molecule has 0 saturated heterocycles. The number of nitrogens with zero attached hydrogens (tertiary/aromatic N) is 1. The second-order valence-electron chi connectivity index (χ2n) is 6.76. The average molecular weight is 298 g/mol. The summed E-state index contributed by atoms with van der Waals surface area (Å²) in [5, 5.41) is 3.49. The summed E-state index contributed by atoms with van der Waals surface area (Å²) in [6.07, 6.45) is 5.63. The number of methoxy groups -OCH3 is 2. The molecule has 2 aliphatic rings. The molecule has 0 heterocycles. The van der Waals surface area contributed by atoms with E-state index in [1.807, 2.05) is 6.92 Å². The summed E-state index contributed by atoms with van der Waals surface area (Å²) in [6.45, 7) is 5.87. The lowest BCUT2D eigenvalue weighted by molar-refractivity contribution is -0.149. The molecule has 0 bridgehead atoms. The van der Waals surface area contributed by atoms with Gasteiger partial charge in [0.25, 0.3) is 0 Å². The number of hydrogen-bond donors (Lipinski definition) is 1. The van der Waals surface area contributed by atoms with Crippen molar-refractivity contribution in [2.75, 3.05) is 27.4 Å². The summed E-state index contributed by atoms with van der Waals surface area (Å²) in [7, 11) is 3.21. The molecular formula is C16H30N2O3. The predicted molar refractivity (Wildman–Crippen MR) is 82.3 cm³/mol. The third-order valence-corrected chi connectivity index (χ3v) is 4.58. The van der Waals surface area contributed by atoms with E-state index in [9.17, 15) is 4.79 Å². The van der Waals surface area contributed by atoms with Gasteiger partial charge in [-0.15, -0.1) is 0 Å². The molecule has 0 aromatic rings. The molecule has 2 atom stereocenters. The lowest BCUT2D eigenvalue weighted by Gasteiger charge is -2.36. The van der Waals surface area contributed by atoms with Crippen LogP contribution in [-0.2, 0) is 14.3 Å². The van der Waals surface area contributed by atoms with Gasteiger partial charge in [-0.3, -0.25) is 15.0 Å². The zero-order valence-electron chi connectivity index (χ0n) is 13.9. The summed E-state index contributed by atoms with van der Waals surface area (Å²) in [5.41, 5.74) is -0.588. The van der Waals surface area contributed by atoms with Crippen molar-refractivity contribution >= 4 is 5.97 Å². The predicted octanol–water partition coefficient (Wildman–Crippen LogP) is 1.56. The second-order valence-corrected chi connectivity index (χ2v) is 6.76. The van der Waals surface area contributed by atoms with Gasteiger partial charge in [0.05, 0.1) is 13.7 Å². The van der Waals surface area contributed by atoms with Gasteiger partial charge in [0.2, 0.25) is 0 Å². The maximum Gasteiger partial charge on any atom is 0.325 e. The fourth-order valence-electron chi connectivity index (χ4n) is 3.18. The third kappa shape index (κ3) is 4.66. The molecule has 2 rings (SSSR count). The summed E-state index contributed by atoms with van der Waals surface area (Å²) >= 11 is 0. The van der Waals surface area contributed by atoms with Crippen LogP contribution in [0.25, 0.3) is 0 Å². The van der Waals surface area contributed by atoms with Crippen LogP contribution in [-0.4, -0.2) is 61.9 Å². The molecule has 21 heavy (non-hydrogen) atoms. The van der Waals surface area contributed by atoms with Crippen molar-refractivity contribution in [3.05, 3.63) is 0 Å². The highest BCUT2D eigenvalue weighted by molar-refractivity contribution is 5.80. The van der Waals surface area contributed by atoms with Crippen molar-refractivity contribution < 1.29 is 14.3 Å². The number of nitrogens with one attached hydrogen (secondary N) is 1. The largest absolute Gasteiger partial charge is 0.468 e. The van der Waals surface area contributed by atoms with Crippen LogP contribution in [0.4, 0.5) is 0 Å². The quantitative estimate of drug-likeness (QED) is 0.620. The molecule has 5 nitrogen and oxygen atoms in total. The van der Waals surface area contributed by atoms with Gasteiger partial charge < -0.3 is 9.47 Å². The average Bonchev–Trinajstić information content (AvgIpc) is 3.32. The number of carbonyl (C=O) groups is 1. The second kappa shape index (κ2) is 7.07. The highest BCUT2D eigenvalue weighted by atomic mass is 16.5. The molecule has 0 radical (unpaired) electrons. The number of carbonyl (C=O) groups excluding carboxylic acids is 1. The van der Waals surface area contributed by atoms with Crippen LogP contribution in [0.1, 0.15) is 46.0 Å². The Balaban J connectivity index is 1.97. The van der Waals surface area contributed by atoms with Crippen LogP contribution in [0.2, 0.25) is 0 Å². The topological polar surface area (TPSA) is 50.8 Å². The smallest absolute Gasteiger partial charge is 0.325 e. The first-order valence-corrected chi connectivity index (χ1v) is 8.11. The van der Waals surface area contributed by atoms with E-state index in [1.54, 1.807) is 7.11 Å². The van der Waals surface area contributed by atoms with Gasteiger partial charge in [0.15, 0.2) is 0 Å². The highest BCUT2D eigenvalue weighted by Crippen LogP contribution is 2.32. The fourth-order valence-corrected chi connectivity index (χ4v) is 3.18. The van der Waals surface area contributed by atoms with Crippen LogP contribution in [0.5, 0.6) is 0 Å². The highest BCUT2D eigenvalue weighted by Gasteiger charge is 2.42. The van der Waals surface area contributed by atoms with Crippen LogP contribution in [0.3, 0.4) is 0 Å². The third-order valence-electron chi connectivity index (χ3n) is 4.58. The van der Waals surface area contributed by atoms with Gasteiger partial charge in [0.1, 0.15) is 5.54 Å². The van der Waals surface area contributed by atoms with Gasteiger partial charge in [-0.1, -0.05) is 0 Å². The molecule has 2 aliphatic carbocycles. The Morgan fingerprint density at radius 2 is 2.00 bits per heavy atom. The molecule has 0 aliphatic heterocycles. The van der Waals surface area contributed by atoms with E-state index in [0.717, 1.165) is 32.4 Å². The Kier molecular flexibility index (Phi) is 5.63. The van der Waals surface area contributed by atoms with Gasteiger partial charge >= 0.3 is 5.97 Å². The van der Waals surface area contributed by atoms with Crippen molar-refractivity contribution in [3.8, 4) is 0 Å². The summed E-state index contributed by atoms with van der Waals surface area (Å²) in [6, 6.07) is 1.48. The van der Waals surface area contributed by atoms with E-state index >= 15 is 0 Å².